The molecule has 18 atom stereocenters. The predicted molar refractivity (Wildman–Crippen MR) is 321 cm³/mol. The maximum atomic E-state index is 12.6. The Morgan fingerprint density at radius 3 is 1.03 bits per heavy atom. The van der Waals surface area contributed by atoms with Crippen molar-refractivity contribution in [2.45, 2.75) is 217 Å². The van der Waals surface area contributed by atoms with Crippen molar-refractivity contribution in [3.05, 3.63) is 0 Å². The molecule has 552 valence electrons. The van der Waals surface area contributed by atoms with Gasteiger partial charge in [-0.1, -0.05) is 52.4 Å². The van der Waals surface area contributed by atoms with Gasteiger partial charge < -0.3 is 140 Å². The lowest BCUT2D eigenvalue weighted by molar-refractivity contribution is -0.282. The van der Waals surface area contributed by atoms with Crippen LogP contribution in [-0.4, -0.2) is 263 Å². The Bertz CT molecular complexity index is 2010. The van der Waals surface area contributed by atoms with Crippen LogP contribution in [0.1, 0.15) is 131 Å². The monoisotopic (exact) mass is 1410 g/mol. The predicted octanol–water partition coefficient (Wildman–Crippen LogP) is -0.0524. The van der Waals surface area contributed by atoms with Crippen LogP contribution in [0.2, 0.25) is 0 Å². The van der Waals surface area contributed by atoms with Crippen molar-refractivity contribution in [2.24, 2.45) is 17.3 Å². The highest BCUT2D eigenvalue weighted by atomic mass is 31.2. The Labute approximate surface area is 546 Å². The zero-order valence-corrected chi connectivity index (χ0v) is 57.2. The Balaban J connectivity index is 1.41. The number of phosphoric acid groups is 3. The van der Waals surface area contributed by atoms with Crippen molar-refractivity contribution in [3.8, 4) is 0 Å². The second kappa shape index (κ2) is 47.2. The van der Waals surface area contributed by atoms with Crippen LogP contribution >= 0.6 is 23.5 Å². The normalized spacial score (nSPS) is 29.6. The molecule has 0 saturated carbocycles. The molecule has 0 radical (unpaired) electrons. The number of carbonyl (C=O) groups is 1. The molecule has 0 aromatic rings. The molecule has 3 rings (SSSR count). The maximum Gasteiger partial charge on any atom is 0.267 e. The Kier molecular flexibility index (Phi) is 43.8. The van der Waals surface area contributed by atoms with Gasteiger partial charge in [0.25, 0.3) is 23.5 Å². The lowest BCUT2D eigenvalue weighted by Gasteiger charge is -2.42. The molecule has 93 heavy (non-hydrogen) atoms. The van der Waals surface area contributed by atoms with E-state index >= 15 is 0 Å². The van der Waals surface area contributed by atoms with E-state index in [1.54, 1.807) is 13.8 Å². The smallest absolute Gasteiger partial charge is 0.267 e. The van der Waals surface area contributed by atoms with Crippen LogP contribution in [0.5, 0.6) is 0 Å². The van der Waals surface area contributed by atoms with Gasteiger partial charge in [0.05, 0.1) is 110 Å². The molecular formula is C57H109NO32P3-3. The number of unbranched alkanes of at least 4 members (excludes halogenated alkanes) is 9. The molecule has 1 amide bonds. The summed E-state index contributed by atoms with van der Waals surface area (Å²) in [5, 5.41) is 92.0. The molecule has 0 bridgehead atoms. The van der Waals surface area contributed by atoms with E-state index < -0.39 is 146 Å². The summed E-state index contributed by atoms with van der Waals surface area (Å²) >= 11 is 0. The number of nitrogens with one attached hydrogen (secondary N) is 1. The fourth-order valence-electron chi connectivity index (χ4n) is 9.82. The van der Waals surface area contributed by atoms with Gasteiger partial charge in [0.2, 0.25) is 5.91 Å². The first-order chi connectivity index (χ1) is 44.2. The van der Waals surface area contributed by atoms with E-state index in [1.807, 2.05) is 13.8 Å². The van der Waals surface area contributed by atoms with E-state index in [0.29, 0.717) is 77.0 Å². The summed E-state index contributed by atoms with van der Waals surface area (Å²) in [7, 11) is -14.0. The summed E-state index contributed by atoms with van der Waals surface area (Å²) in [6.07, 6.45) is -6.61. The number of aliphatic hydroxyl groups is 9. The highest BCUT2D eigenvalue weighted by Crippen LogP contribution is 2.41. The molecule has 3 heterocycles. The molecule has 3 aliphatic rings. The first-order valence-corrected chi connectivity index (χ1v) is 36.7. The highest BCUT2D eigenvalue weighted by molar-refractivity contribution is 7.46. The fourth-order valence-corrected chi connectivity index (χ4v) is 12.2. The van der Waals surface area contributed by atoms with Crippen LogP contribution in [-0.2, 0) is 93.0 Å². The van der Waals surface area contributed by atoms with Gasteiger partial charge in [0.1, 0.15) is 48.8 Å². The van der Waals surface area contributed by atoms with Crippen LogP contribution in [0.25, 0.3) is 0 Å². The van der Waals surface area contributed by atoms with Crippen LogP contribution in [0.15, 0.2) is 0 Å². The number of amides is 1. The highest BCUT2D eigenvalue weighted by Gasteiger charge is 2.46. The molecule has 0 spiro atoms. The quantitative estimate of drug-likeness (QED) is 0.0282. The van der Waals surface area contributed by atoms with Gasteiger partial charge in [-0.2, -0.15) is 0 Å². The summed E-state index contributed by atoms with van der Waals surface area (Å²) in [4.78, 5) is 49.3. The molecular weight excluding hydrogens is 1300 g/mol. The summed E-state index contributed by atoms with van der Waals surface area (Å²) in [5.74, 6) is -1.52. The molecule has 0 aromatic heterocycles. The summed E-state index contributed by atoms with van der Waals surface area (Å²) in [6, 6.07) is -1.07. The van der Waals surface area contributed by atoms with Crippen molar-refractivity contribution < 1.29 is 154 Å². The standard InChI is InChI=1S/C57H112NO32P3/c1-40(2)81-39-57(36-75-21-18-30-85-91(69,70)82-27-15-9-6-12-24-78-54-41(3)48(63)50(65)44(33-59)88-54,37-76-22-19-31-86-92(71,72)83-28-16-10-7-13-25-79-55-42(4)49(64)51(66)45(34-60)89-55)38-77-23-20-32-87-93(73,74)84-29-17-11-8-14-26-80-56-47(58-43(5)62)53(68)52(67)46(35-61)90-56/h40-42,44-56,59-61,63-68H,6-39H2,1-5H3,(H,58,62)(H,69,70)(H,71,72)(H,73,74)/p-3/t41?,42?,44?,45?,46?,47?,48-,49-,50+,51+,52+,53-,54-,55-,56-,57?/m1/s1. The minimum atomic E-state index is -4.69. The molecule has 9 unspecified atom stereocenters. The minimum Gasteiger partial charge on any atom is -0.756 e. The van der Waals surface area contributed by atoms with Gasteiger partial charge in [0, 0.05) is 58.4 Å². The first kappa shape index (κ1) is 86.3. The van der Waals surface area contributed by atoms with Gasteiger partial charge in [-0.15, -0.1) is 0 Å². The zero-order chi connectivity index (χ0) is 68.9. The molecule has 33 nitrogen and oxygen atoms in total. The third-order valence-electron chi connectivity index (χ3n) is 15.3. The Hall–Kier alpha value is -0.960. The number of ether oxygens (including phenoxy) is 10. The van der Waals surface area contributed by atoms with Crippen LogP contribution in [0, 0.1) is 17.3 Å². The van der Waals surface area contributed by atoms with Crippen LogP contribution < -0.4 is 20.0 Å². The minimum absolute atomic E-state index is 0.0188. The van der Waals surface area contributed by atoms with Gasteiger partial charge in [0.15, 0.2) is 18.9 Å². The fraction of sp³-hybridized carbons (Fsp3) is 0.982. The second-order valence-electron chi connectivity index (χ2n) is 23.8. The van der Waals surface area contributed by atoms with Gasteiger partial charge in [-0.05, 0) is 71.6 Å². The average Bonchev–Trinajstić information content (AvgIpc) is 0.888. The van der Waals surface area contributed by atoms with Crippen LogP contribution in [0.3, 0.4) is 0 Å². The van der Waals surface area contributed by atoms with Crippen molar-refractivity contribution in [2.75, 3.05) is 126 Å². The molecule has 3 aliphatic heterocycles. The van der Waals surface area contributed by atoms with Crippen molar-refractivity contribution in [1.29, 1.82) is 0 Å². The Morgan fingerprint density at radius 1 is 0.430 bits per heavy atom. The number of phosphoric ester groups is 3. The van der Waals surface area contributed by atoms with Gasteiger partial charge in [-0.3, -0.25) is 18.5 Å². The number of rotatable bonds is 55. The third kappa shape index (κ3) is 34.8. The van der Waals surface area contributed by atoms with Crippen LogP contribution in [0.4, 0.5) is 0 Å². The summed E-state index contributed by atoms with van der Waals surface area (Å²) in [6.45, 7) is 6.26. The van der Waals surface area contributed by atoms with Crippen molar-refractivity contribution in [3.63, 3.8) is 0 Å². The average molecular weight is 1410 g/mol. The molecule has 0 aromatic carbocycles. The molecule has 10 N–H and O–H groups in total. The van der Waals surface area contributed by atoms with Gasteiger partial charge in [-0.25, -0.2) is 0 Å². The number of aliphatic hydroxyl groups excluding tert-OH is 9. The van der Waals surface area contributed by atoms with E-state index in [9.17, 15) is 79.1 Å². The maximum absolute atomic E-state index is 12.6. The lowest BCUT2D eigenvalue weighted by Crippen LogP contribution is -2.64. The molecule has 3 fully saturated rings. The summed E-state index contributed by atoms with van der Waals surface area (Å²) in [5.41, 5.74) is -0.996. The van der Waals surface area contributed by atoms with E-state index in [0.717, 1.165) is 0 Å². The number of carbonyl (C=O) groups excluding carboxylic acids is 1. The number of hydrogen-bond donors (Lipinski definition) is 10. The molecule has 36 heteroatoms. The largest absolute Gasteiger partial charge is 0.756 e. The SMILES string of the molecule is CC(=O)NC1[C@H](OCCCCCCOP(=O)([O-])OCCCOCC(COCCCOP(=O)([O-])OCCCCCCO[C@@H]2OC(CO)[C@H](O)[C@H](O)C2C)(COCCCOP(=O)([O-])OCCCCCCO[C@@H]2OC(CO)[C@H](O)[C@H](O)C2C)COC(C)C)OC(CO)[C@H](O)[C@@H]1O. The Morgan fingerprint density at radius 2 is 0.720 bits per heavy atom. The molecule has 3 saturated heterocycles. The summed E-state index contributed by atoms with van der Waals surface area (Å²) < 4.78 is 126. The second-order valence-corrected chi connectivity index (χ2v) is 28.1. The van der Waals surface area contributed by atoms with Gasteiger partial charge >= 0.3 is 0 Å². The van der Waals surface area contributed by atoms with E-state index in [4.69, 9.17) is 74.5 Å². The third-order valence-corrected chi connectivity index (χ3v) is 18.3. The van der Waals surface area contributed by atoms with E-state index in [-0.39, 0.29) is 131 Å². The lowest BCUT2D eigenvalue weighted by atomic mass is 9.92. The number of hydrogen-bond acceptors (Lipinski definition) is 32. The molecule has 0 aliphatic carbocycles. The van der Waals surface area contributed by atoms with E-state index in [2.05, 4.69) is 5.32 Å². The van der Waals surface area contributed by atoms with Crippen molar-refractivity contribution >= 4 is 29.4 Å². The van der Waals surface area contributed by atoms with Crippen molar-refractivity contribution in [1.82, 2.24) is 5.32 Å². The van der Waals surface area contributed by atoms with E-state index in [1.165, 1.54) is 6.92 Å². The first-order valence-electron chi connectivity index (χ1n) is 32.4. The zero-order valence-electron chi connectivity index (χ0n) is 54.5. The topological polar surface area (TPSA) is 479 Å².